The average molecular weight is 360 g/mol. The van der Waals surface area contributed by atoms with Crippen molar-refractivity contribution < 1.29 is 4.79 Å². The Bertz CT molecular complexity index is 934. The number of amides is 1. The Hall–Kier alpha value is -2.92. The van der Waals surface area contributed by atoms with Gasteiger partial charge in [-0.15, -0.1) is 0 Å². The van der Waals surface area contributed by atoms with E-state index in [2.05, 4.69) is 17.2 Å². The van der Waals surface area contributed by atoms with E-state index in [1.165, 1.54) is 5.56 Å². The Labute approximate surface area is 159 Å². The van der Waals surface area contributed by atoms with Gasteiger partial charge in [0.05, 0.1) is 17.4 Å². The summed E-state index contributed by atoms with van der Waals surface area (Å²) >= 11 is 0. The molecule has 1 aromatic heterocycles. The lowest BCUT2D eigenvalue weighted by Gasteiger charge is -2.16. The van der Waals surface area contributed by atoms with Gasteiger partial charge in [0.15, 0.2) is 0 Å². The molecule has 1 amide bonds. The summed E-state index contributed by atoms with van der Waals surface area (Å²) in [6.45, 7) is 3.99. The number of carbonyl (C=O) groups is 1. The fourth-order valence-electron chi connectivity index (χ4n) is 3.92. The molecule has 3 aromatic rings. The van der Waals surface area contributed by atoms with E-state index >= 15 is 0 Å². The molecule has 1 aliphatic heterocycles. The molecule has 1 aliphatic rings. The number of nitrogens with zero attached hydrogens (tertiary/aromatic N) is 3. The van der Waals surface area contributed by atoms with Gasteiger partial charge in [0.1, 0.15) is 0 Å². The molecule has 2 atom stereocenters. The van der Waals surface area contributed by atoms with Crippen LogP contribution in [0.3, 0.4) is 0 Å². The fourth-order valence-corrected chi connectivity index (χ4v) is 3.92. The third-order valence-corrected chi connectivity index (χ3v) is 5.45. The van der Waals surface area contributed by atoms with Crippen molar-refractivity contribution in [3.63, 3.8) is 0 Å². The number of likely N-dealkylation sites (tertiary alicyclic amines) is 1. The molecule has 2 N–H and O–H groups in total. The van der Waals surface area contributed by atoms with Gasteiger partial charge in [0.2, 0.25) is 0 Å². The van der Waals surface area contributed by atoms with Crippen molar-refractivity contribution in [1.82, 2.24) is 14.7 Å². The van der Waals surface area contributed by atoms with Crippen LogP contribution in [0.5, 0.6) is 0 Å². The summed E-state index contributed by atoms with van der Waals surface area (Å²) in [6.07, 6.45) is 3.47. The van der Waals surface area contributed by atoms with E-state index in [4.69, 9.17) is 5.73 Å². The molecule has 2 heterocycles. The standard InChI is InChI=1S/C22H24N4O/c1-16-7-5-6-10-21(16)26-14-19(12-24-26)22(27)25-13-18(11-23)20(15-25)17-8-3-2-4-9-17/h2-10,12,14,18,20H,11,13,15,23H2,1H3/t18-,20+/m1/s1. The predicted molar refractivity (Wildman–Crippen MR) is 106 cm³/mol. The first-order chi connectivity index (χ1) is 13.2. The normalized spacial score (nSPS) is 19.4. The molecular weight excluding hydrogens is 336 g/mol. The Morgan fingerprint density at radius 1 is 1.11 bits per heavy atom. The van der Waals surface area contributed by atoms with Gasteiger partial charge in [-0.25, -0.2) is 4.68 Å². The van der Waals surface area contributed by atoms with Gasteiger partial charge in [-0.1, -0.05) is 48.5 Å². The predicted octanol–water partition coefficient (Wildman–Crippen LogP) is 3.00. The monoisotopic (exact) mass is 360 g/mol. The zero-order valence-electron chi connectivity index (χ0n) is 15.5. The molecule has 2 aromatic carbocycles. The van der Waals surface area contributed by atoms with E-state index < -0.39 is 0 Å². The highest BCUT2D eigenvalue weighted by atomic mass is 16.2. The maximum absolute atomic E-state index is 13.0. The van der Waals surface area contributed by atoms with Crippen LogP contribution in [-0.2, 0) is 0 Å². The zero-order chi connectivity index (χ0) is 18.8. The van der Waals surface area contributed by atoms with Crippen molar-refractivity contribution >= 4 is 5.91 Å². The summed E-state index contributed by atoms with van der Waals surface area (Å²) in [5.74, 6) is 0.584. The number of hydrogen-bond acceptors (Lipinski definition) is 3. The largest absolute Gasteiger partial charge is 0.338 e. The van der Waals surface area contributed by atoms with Crippen molar-refractivity contribution in [3.05, 3.63) is 83.7 Å². The third kappa shape index (κ3) is 3.38. The Morgan fingerprint density at radius 2 is 1.85 bits per heavy atom. The van der Waals surface area contributed by atoms with Gasteiger partial charge < -0.3 is 10.6 Å². The minimum atomic E-state index is 0.0201. The minimum Gasteiger partial charge on any atom is -0.338 e. The van der Waals surface area contributed by atoms with Crippen LogP contribution in [0.25, 0.3) is 5.69 Å². The summed E-state index contributed by atoms with van der Waals surface area (Å²) < 4.78 is 1.77. The molecule has 0 spiro atoms. The van der Waals surface area contributed by atoms with E-state index in [0.717, 1.165) is 11.3 Å². The Morgan fingerprint density at radius 3 is 2.59 bits per heavy atom. The highest BCUT2D eigenvalue weighted by Gasteiger charge is 2.35. The molecule has 0 aliphatic carbocycles. The van der Waals surface area contributed by atoms with E-state index in [9.17, 15) is 4.79 Å². The van der Waals surface area contributed by atoms with Crippen molar-refractivity contribution in [3.8, 4) is 5.69 Å². The lowest BCUT2D eigenvalue weighted by Crippen LogP contribution is -2.29. The number of hydrogen-bond donors (Lipinski definition) is 1. The van der Waals surface area contributed by atoms with Crippen LogP contribution < -0.4 is 5.73 Å². The van der Waals surface area contributed by atoms with E-state index in [-0.39, 0.29) is 17.7 Å². The smallest absolute Gasteiger partial charge is 0.257 e. The number of para-hydroxylation sites is 1. The molecule has 27 heavy (non-hydrogen) atoms. The molecule has 0 bridgehead atoms. The van der Waals surface area contributed by atoms with Crippen LogP contribution in [-0.4, -0.2) is 40.2 Å². The maximum Gasteiger partial charge on any atom is 0.257 e. The number of benzene rings is 2. The first-order valence-corrected chi connectivity index (χ1v) is 9.32. The molecule has 4 rings (SSSR count). The maximum atomic E-state index is 13.0. The highest BCUT2D eigenvalue weighted by molar-refractivity contribution is 5.94. The van der Waals surface area contributed by atoms with E-state index in [1.54, 1.807) is 10.9 Å². The first-order valence-electron chi connectivity index (χ1n) is 9.32. The van der Waals surface area contributed by atoms with Gasteiger partial charge in [-0.2, -0.15) is 5.10 Å². The molecule has 5 heteroatoms. The second-order valence-corrected chi connectivity index (χ2v) is 7.18. The first kappa shape index (κ1) is 17.5. The second-order valence-electron chi connectivity index (χ2n) is 7.18. The summed E-state index contributed by atoms with van der Waals surface area (Å²) in [4.78, 5) is 15.0. The summed E-state index contributed by atoms with van der Waals surface area (Å²) in [5, 5.41) is 4.40. The Balaban J connectivity index is 1.55. The number of aryl methyl sites for hydroxylation is 1. The van der Waals surface area contributed by atoms with Crippen molar-refractivity contribution in [2.45, 2.75) is 12.8 Å². The minimum absolute atomic E-state index is 0.0201. The average Bonchev–Trinajstić information content (AvgIpc) is 3.36. The number of carbonyl (C=O) groups excluding carboxylic acids is 1. The Kier molecular flexibility index (Phi) is 4.77. The van der Waals surface area contributed by atoms with Crippen LogP contribution in [0.4, 0.5) is 0 Å². The molecule has 138 valence electrons. The van der Waals surface area contributed by atoms with Gasteiger partial charge in [0, 0.05) is 25.2 Å². The van der Waals surface area contributed by atoms with Crippen molar-refractivity contribution in [1.29, 1.82) is 0 Å². The topological polar surface area (TPSA) is 64.2 Å². The number of aromatic nitrogens is 2. The molecule has 0 saturated carbocycles. The number of nitrogens with two attached hydrogens (primary N) is 1. The third-order valence-electron chi connectivity index (χ3n) is 5.45. The fraction of sp³-hybridized carbons (Fsp3) is 0.273. The zero-order valence-corrected chi connectivity index (χ0v) is 15.5. The second kappa shape index (κ2) is 7.37. The molecule has 1 fully saturated rings. The van der Waals surface area contributed by atoms with E-state index in [0.29, 0.717) is 25.2 Å². The summed E-state index contributed by atoms with van der Waals surface area (Å²) in [5.41, 5.74) is 9.97. The van der Waals surface area contributed by atoms with Gasteiger partial charge in [-0.05, 0) is 36.6 Å². The lowest BCUT2D eigenvalue weighted by atomic mass is 9.89. The SMILES string of the molecule is Cc1ccccc1-n1cc(C(=O)N2C[C@@H](CN)[C@H](c3ccccc3)C2)cn1. The molecule has 0 radical (unpaired) electrons. The highest BCUT2D eigenvalue weighted by Crippen LogP contribution is 2.32. The summed E-state index contributed by atoms with van der Waals surface area (Å²) in [6, 6.07) is 18.3. The van der Waals surface area contributed by atoms with Crippen LogP contribution in [0.2, 0.25) is 0 Å². The van der Waals surface area contributed by atoms with Crippen LogP contribution in [0.1, 0.15) is 27.4 Å². The van der Waals surface area contributed by atoms with Crippen LogP contribution >= 0.6 is 0 Å². The van der Waals surface area contributed by atoms with Crippen molar-refractivity contribution in [2.75, 3.05) is 19.6 Å². The van der Waals surface area contributed by atoms with Gasteiger partial charge >= 0.3 is 0 Å². The molecule has 0 unspecified atom stereocenters. The van der Waals surface area contributed by atoms with Crippen molar-refractivity contribution in [2.24, 2.45) is 11.7 Å². The molecule has 5 nitrogen and oxygen atoms in total. The molecule has 1 saturated heterocycles. The van der Waals surface area contributed by atoms with Gasteiger partial charge in [0.25, 0.3) is 5.91 Å². The lowest BCUT2D eigenvalue weighted by molar-refractivity contribution is 0.0786. The van der Waals surface area contributed by atoms with E-state index in [1.807, 2.05) is 60.5 Å². The molecular formula is C22H24N4O. The van der Waals surface area contributed by atoms with Gasteiger partial charge in [-0.3, -0.25) is 4.79 Å². The summed E-state index contributed by atoms with van der Waals surface area (Å²) in [7, 11) is 0. The van der Waals surface area contributed by atoms with Crippen LogP contribution in [0.15, 0.2) is 67.0 Å². The number of rotatable bonds is 4. The van der Waals surface area contributed by atoms with Crippen LogP contribution in [0, 0.1) is 12.8 Å². The quantitative estimate of drug-likeness (QED) is 0.778.